The predicted molar refractivity (Wildman–Crippen MR) is 136 cm³/mol. The average molecular weight is 474 g/mol. The first-order chi connectivity index (χ1) is 16.5. The Kier molecular flexibility index (Phi) is 7.83. The normalized spacial score (nSPS) is 11.9. The molecule has 0 fully saturated rings. The molecule has 0 aliphatic rings. The van der Waals surface area contributed by atoms with Crippen LogP contribution in [0, 0.1) is 6.92 Å². The fourth-order valence-corrected chi connectivity index (χ4v) is 4.79. The first kappa shape index (κ1) is 23.8. The molecule has 3 aromatic carbocycles. The largest absolute Gasteiger partial charge is 0.481 e. The number of aromatic nitrogens is 1. The van der Waals surface area contributed by atoms with E-state index in [1.165, 1.54) is 5.56 Å². The molecule has 0 spiro atoms. The van der Waals surface area contributed by atoms with Gasteiger partial charge in [0.05, 0.1) is 17.4 Å². The monoisotopic (exact) mass is 473 g/mol. The van der Waals surface area contributed by atoms with Gasteiger partial charge in [-0.2, -0.15) is 11.8 Å². The van der Waals surface area contributed by atoms with E-state index in [2.05, 4.69) is 17.3 Å². The van der Waals surface area contributed by atoms with Gasteiger partial charge in [0.25, 0.3) is 0 Å². The molecule has 0 aliphatic heterocycles. The summed E-state index contributed by atoms with van der Waals surface area (Å²) in [5, 5.41) is 23.8. The maximum atomic E-state index is 10.9. The van der Waals surface area contributed by atoms with Gasteiger partial charge in [-0.05, 0) is 35.6 Å². The summed E-state index contributed by atoms with van der Waals surface area (Å²) in [6, 6.07) is 26.1. The molecule has 1 heterocycles. The topological polar surface area (TPSA) is 83.6 Å². The molecule has 6 heteroatoms. The molecular weight excluding hydrogens is 446 g/mol. The number of benzene rings is 3. The molecule has 1 aromatic heterocycles. The van der Waals surface area contributed by atoms with Crippen molar-refractivity contribution in [2.24, 2.45) is 0 Å². The van der Waals surface area contributed by atoms with Crippen LogP contribution in [0.2, 0.25) is 0 Å². The highest BCUT2D eigenvalue weighted by molar-refractivity contribution is 7.98. The van der Waals surface area contributed by atoms with Crippen molar-refractivity contribution in [2.75, 3.05) is 5.75 Å². The summed E-state index contributed by atoms with van der Waals surface area (Å²) in [5.74, 6) is 1.19. The van der Waals surface area contributed by atoms with Crippen LogP contribution in [-0.4, -0.2) is 27.1 Å². The van der Waals surface area contributed by atoms with E-state index in [0.29, 0.717) is 23.6 Å². The van der Waals surface area contributed by atoms with Crippen LogP contribution < -0.4 is 0 Å². The molecule has 0 bridgehead atoms. The molecule has 5 nitrogen and oxygen atoms in total. The third-order valence-electron chi connectivity index (χ3n) is 5.69. The lowest BCUT2D eigenvalue weighted by molar-refractivity contribution is -0.136. The Morgan fingerprint density at radius 2 is 1.53 bits per heavy atom. The van der Waals surface area contributed by atoms with Gasteiger partial charge in [-0.15, -0.1) is 0 Å². The summed E-state index contributed by atoms with van der Waals surface area (Å²) >= 11 is 1.68. The molecule has 34 heavy (non-hydrogen) atoms. The Morgan fingerprint density at radius 1 is 0.912 bits per heavy atom. The number of carbonyl (C=O) groups is 1. The van der Waals surface area contributed by atoms with Gasteiger partial charge in [0.2, 0.25) is 0 Å². The van der Waals surface area contributed by atoms with E-state index >= 15 is 0 Å². The maximum absolute atomic E-state index is 10.9. The number of hydrogen-bond acceptors (Lipinski definition) is 5. The lowest BCUT2D eigenvalue weighted by Gasteiger charge is -2.12. The van der Waals surface area contributed by atoms with E-state index in [-0.39, 0.29) is 6.42 Å². The molecule has 4 rings (SSSR count). The van der Waals surface area contributed by atoms with Crippen LogP contribution in [0.3, 0.4) is 0 Å². The Morgan fingerprint density at radius 3 is 2.18 bits per heavy atom. The van der Waals surface area contributed by atoms with Gasteiger partial charge >= 0.3 is 5.97 Å². The fraction of sp³-hybridized carbons (Fsp3) is 0.214. The first-order valence-electron chi connectivity index (χ1n) is 11.2. The van der Waals surface area contributed by atoms with Gasteiger partial charge in [0.1, 0.15) is 0 Å². The van der Waals surface area contributed by atoms with Crippen LogP contribution >= 0.6 is 11.8 Å². The highest BCUT2D eigenvalue weighted by Gasteiger charge is 2.22. The molecular formula is C28H27NO4S. The van der Waals surface area contributed by atoms with Crippen molar-refractivity contribution in [3.63, 3.8) is 0 Å². The Bertz CT molecular complexity index is 1220. The van der Waals surface area contributed by atoms with Crippen molar-refractivity contribution in [2.45, 2.75) is 31.6 Å². The van der Waals surface area contributed by atoms with Crippen molar-refractivity contribution in [1.29, 1.82) is 0 Å². The van der Waals surface area contributed by atoms with Gasteiger partial charge in [-0.3, -0.25) is 4.79 Å². The highest BCUT2D eigenvalue weighted by Crippen LogP contribution is 2.34. The first-order valence-corrected chi connectivity index (χ1v) is 12.3. The smallest absolute Gasteiger partial charge is 0.303 e. The van der Waals surface area contributed by atoms with Crippen LogP contribution in [0.25, 0.3) is 22.5 Å². The van der Waals surface area contributed by atoms with E-state index in [1.807, 2.05) is 73.7 Å². The number of rotatable bonds is 10. The Hall–Kier alpha value is -3.35. The number of aliphatic hydroxyl groups is 1. The van der Waals surface area contributed by atoms with Crippen molar-refractivity contribution >= 4 is 17.7 Å². The van der Waals surface area contributed by atoms with E-state index in [0.717, 1.165) is 33.6 Å². The Balaban J connectivity index is 1.44. The van der Waals surface area contributed by atoms with Crippen LogP contribution in [0.5, 0.6) is 0 Å². The molecule has 0 radical (unpaired) electrons. The number of aryl methyl sites for hydroxylation is 2. The molecule has 1 unspecified atom stereocenters. The summed E-state index contributed by atoms with van der Waals surface area (Å²) in [6.07, 6.45) is -0.0226. The number of nitrogens with zero attached hydrogens (tertiary/aromatic N) is 1. The number of carboxylic acids is 1. The second-order valence-electron chi connectivity index (χ2n) is 8.20. The molecule has 2 N–H and O–H groups in total. The highest BCUT2D eigenvalue weighted by atomic mass is 32.2. The van der Waals surface area contributed by atoms with Crippen LogP contribution in [0.15, 0.2) is 83.4 Å². The van der Waals surface area contributed by atoms with E-state index in [4.69, 9.17) is 9.63 Å². The molecule has 0 saturated heterocycles. The summed E-state index contributed by atoms with van der Waals surface area (Å²) in [4.78, 5) is 10.8. The second-order valence-corrected chi connectivity index (χ2v) is 9.23. The van der Waals surface area contributed by atoms with Gasteiger partial charge in [0, 0.05) is 23.5 Å². The quantitative estimate of drug-likeness (QED) is 0.281. The van der Waals surface area contributed by atoms with E-state index < -0.39 is 12.1 Å². The molecule has 1 atom stereocenters. The van der Waals surface area contributed by atoms with Crippen molar-refractivity contribution in [3.05, 3.63) is 101 Å². The average Bonchev–Trinajstić information content (AvgIpc) is 3.25. The zero-order valence-corrected chi connectivity index (χ0v) is 19.8. The van der Waals surface area contributed by atoms with Gasteiger partial charge in [0.15, 0.2) is 5.76 Å². The van der Waals surface area contributed by atoms with Crippen molar-refractivity contribution in [1.82, 2.24) is 5.16 Å². The predicted octanol–water partition coefficient (Wildman–Crippen LogP) is 6.30. The maximum Gasteiger partial charge on any atom is 0.303 e. The summed E-state index contributed by atoms with van der Waals surface area (Å²) in [6.45, 7) is 1.85. The summed E-state index contributed by atoms with van der Waals surface area (Å²) in [5.41, 5.74) is 6.63. The lowest BCUT2D eigenvalue weighted by Crippen LogP contribution is -2.03. The van der Waals surface area contributed by atoms with Crippen molar-refractivity contribution in [3.8, 4) is 22.5 Å². The number of carboxylic acid groups (broad SMARTS) is 1. The summed E-state index contributed by atoms with van der Waals surface area (Å²) in [7, 11) is 0. The number of aliphatic carboxylic acids is 1. The van der Waals surface area contributed by atoms with Crippen LogP contribution in [-0.2, 0) is 17.0 Å². The van der Waals surface area contributed by atoms with E-state index in [1.54, 1.807) is 11.8 Å². The zero-order chi connectivity index (χ0) is 23.9. The third kappa shape index (κ3) is 5.95. The molecule has 4 aromatic rings. The SMILES string of the molecule is Cc1noc(-c2ccc(-c3ccc(CCC(=O)O)cc3)cc2)c1C(O)CSCc1ccccc1. The fourth-order valence-electron chi connectivity index (χ4n) is 3.85. The molecule has 0 saturated carbocycles. The summed E-state index contributed by atoms with van der Waals surface area (Å²) < 4.78 is 5.61. The second kappa shape index (κ2) is 11.2. The minimum atomic E-state index is -0.790. The van der Waals surface area contributed by atoms with Crippen LogP contribution in [0.1, 0.15) is 34.9 Å². The molecule has 174 valence electrons. The number of hydrogen-bond donors (Lipinski definition) is 2. The number of thioether (sulfide) groups is 1. The standard InChI is InChI=1S/C28H27NO4S/c1-19-27(25(30)18-34-17-21-5-3-2-4-6-21)28(33-29-19)24-14-12-23(13-15-24)22-10-7-20(8-11-22)9-16-26(31)32/h2-8,10-15,25,30H,9,16-18H2,1H3,(H,31,32). The lowest BCUT2D eigenvalue weighted by atomic mass is 9.98. The van der Waals surface area contributed by atoms with Crippen LogP contribution in [0.4, 0.5) is 0 Å². The van der Waals surface area contributed by atoms with Gasteiger partial charge < -0.3 is 14.7 Å². The molecule has 0 amide bonds. The Labute approximate surface area is 203 Å². The molecule has 0 aliphatic carbocycles. The van der Waals surface area contributed by atoms with Gasteiger partial charge in [-0.1, -0.05) is 84.0 Å². The number of aliphatic hydroxyl groups excluding tert-OH is 1. The minimum absolute atomic E-state index is 0.129. The third-order valence-corrected chi connectivity index (χ3v) is 6.78. The van der Waals surface area contributed by atoms with E-state index in [9.17, 15) is 9.90 Å². The zero-order valence-electron chi connectivity index (χ0n) is 19.0. The van der Waals surface area contributed by atoms with Crippen molar-refractivity contribution < 1.29 is 19.5 Å². The van der Waals surface area contributed by atoms with Gasteiger partial charge in [-0.25, -0.2) is 0 Å². The minimum Gasteiger partial charge on any atom is -0.481 e.